The maximum absolute atomic E-state index is 13.2. The third-order valence-corrected chi connectivity index (χ3v) is 2.98. The van der Waals surface area contributed by atoms with Gasteiger partial charge in [0.2, 0.25) is 0 Å². The molecule has 0 unspecified atom stereocenters. The van der Waals surface area contributed by atoms with Gasteiger partial charge >= 0.3 is 5.97 Å². The van der Waals surface area contributed by atoms with Crippen molar-refractivity contribution in [2.45, 2.75) is 18.8 Å². The Morgan fingerprint density at radius 2 is 2.22 bits per heavy atom. The van der Waals surface area contributed by atoms with Crippen LogP contribution in [0.25, 0.3) is 11.3 Å². The lowest BCUT2D eigenvalue weighted by atomic mass is 10.0. The predicted octanol–water partition coefficient (Wildman–Crippen LogP) is 3.06. The van der Waals surface area contributed by atoms with Crippen LogP contribution in [0, 0.1) is 5.82 Å². The van der Waals surface area contributed by atoms with Crippen LogP contribution in [0.4, 0.5) is 4.39 Å². The number of rotatable bonds is 3. The largest absolute Gasteiger partial charge is 0.477 e. The van der Waals surface area contributed by atoms with Crippen molar-refractivity contribution in [1.82, 2.24) is 5.16 Å². The maximum atomic E-state index is 13.2. The van der Waals surface area contributed by atoms with Crippen molar-refractivity contribution in [3.63, 3.8) is 0 Å². The molecule has 4 nitrogen and oxygen atoms in total. The van der Waals surface area contributed by atoms with Gasteiger partial charge in [0, 0.05) is 11.5 Å². The van der Waals surface area contributed by atoms with Gasteiger partial charge in [-0.2, -0.15) is 0 Å². The molecule has 92 valence electrons. The van der Waals surface area contributed by atoms with Crippen molar-refractivity contribution in [1.29, 1.82) is 0 Å². The van der Waals surface area contributed by atoms with E-state index in [0.29, 0.717) is 11.3 Å². The van der Waals surface area contributed by atoms with Gasteiger partial charge < -0.3 is 9.63 Å². The molecule has 1 fully saturated rings. The molecular formula is C13H10FNO3. The maximum Gasteiger partial charge on any atom is 0.341 e. The highest BCUT2D eigenvalue weighted by Gasteiger charge is 2.35. The summed E-state index contributed by atoms with van der Waals surface area (Å²) in [6.45, 7) is 0. The van der Waals surface area contributed by atoms with Crippen molar-refractivity contribution < 1.29 is 18.8 Å². The van der Waals surface area contributed by atoms with E-state index in [2.05, 4.69) is 5.16 Å². The summed E-state index contributed by atoms with van der Waals surface area (Å²) in [5, 5.41) is 13.0. The Morgan fingerprint density at radius 3 is 2.83 bits per heavy atom. The standard InChI is InChI=1S/C13H10FNO3/c14-9-3-1-2-8(6-9)11-10(13(16)17)12(18-15-11)7-4-5-7/h1-3,6-7H,4-5H2,(H,16,17). The van der Waals surface area contributed by atoms with Crippen LogP contribution in [0.3, 0.4) is 0 Å². The van der Waals surface area contributed by atoms with E-state index < -0.39 is 11.8 Å². The molecule has 1 N–H and O–H groups in total. The molecule has 5 heteroatoms. The van der Waals surface area contributed by atoms with Gasteiger partial charge in [0.25, 0.3) is 0 Å². The van der Waals surface area contributed by atoms with Crippen molar-refractivity contribution in [3.05, 3.63) is 41.4 Å². The van der Waals surface area contributed by atoms with Gasteiger partial charge in [0.1, 0.15) is 17.1 Å². The topological polar surface area (TPSA) is 63.3 Å². The van der Waals surface area contributed by atoms with Crippen LogP contribution in [-0.2, 0) is 0 Å². The number of benzene rings is 1. The SMILES string of the molecule is O=C(O)c1c(-c2cccc(F)c2)noc1C1CC1. The molecule has 0 aliphatic heterocycles. The Morgan fingerprint density at radius 1 is 1.44 bits per heavy atom. The molecule has 0 saturated heterocycles. The number of carboxylic acids is 1. The number of carboxylic acid groups (broad SMARTS) is 1. The number of nitrogens with zero attached hydrogens (tertiary/aromatic N) is 1. The highest BCUT2D eigenvalue weighted by atomic mass is 19.1. The fourth-order valence-corrected chi connectivity index (χ4v) is 1.97. The second kappa shape index (κ2) is 3.94. The van der Waals surface area contributed by atoms with Gasteiger partial charge in [-0.05, 0) is 25.0 Å². The number of aromatic nitrogens is 1. The van der Waals surface area contributed by atoms with E-state index in [1.165, 1.54) is 18.2 Å². The monoisotopic (exact) mass is 247 g/mol. The number of hydrogen-bond donors (Lipinski definition) is 1. The molecule has 1 aliphatic rings. The van der Waals surface area contributed by atoms with Gasteiger partial charge in [-0.1, -0.05) is 17.3 Å². The minimum absolute atomic E-state index is 0.0584. The van der Waals surface area contributed by atoms with E-state index in [4.69, 9.17) is 4.52 Å². The summed E-state index contributed by atoms with van der Waals surface area (Å²) in [6, 6.07) is 5.68. The Hall–Kier alpha value is -2.17. The average Bonchev–Trinajstić information content (AvgIpc) is 3.07. The lowest BCUT2D eigenvalue weighted by Crippen LogP contribution is -2.00. The van der Waals surface area contributed by atoms with E-state index in [-0.39, 0.29) is 17.2 Å². The van der Waals surface area contributed by atoms with E-state index in [0.717, 1.165) is 12.8 Å². The zero-order chi connectivity index (χ0) is 12.7. The molecule has 0 amide bonds. The first-order valence-corrected chi connectivity index (χ1v) is 5.65. The molecule has 1 aromatic carbocycles. The third kappa shape index (κ3) is 1.77. The summed E-state index contributed by atoms with van der Waals surface area (Å²) in [4.78, 5) is 11.3. The van der Waals surface area contributed by atoms with Crippen LogP contribution >= 0.6 is 0 Å². The van der Waals surface area contributed by atoms with Crippen LogP contribution in [-0.4, -0.2) is 16.2 Å². The van der Waals surface area contributed by atoms with E-state index in [1.807, 2.05) is 0 Å². The van der Waals surface area contributed by atoms with Crippen molar-refractivity contribution in [2.75, 3.05) is 0 Å². The summed E-state index contributed by atoms with van der Waals surface area (Å²) in [6.07, 6.45) is 1.83. The van der Waals surface area contributed by atoms with Crippen LogP contribution in [0.5, 0.6) is 0 Å². The number of hydrogen-bond acceptors (Lipinski definition) is 3. The summed E-state index contributed by atoms with van der Waals surface area (Å²) < 4.78 is 18.3. The Bertz CT molecular complexity index is 616. The number of halogens is 1. The van der Waals surface area contributed by atoms with Crippen molar-refractivity contribution >= 4 is 5.97 Å². The Labute approximate surface area is 102 Å². The van der Waals surface area contributed by atoms with E-state index in [9.17, 15) is 14.3 Å². The quantitative estimate of drug-likeness (QED) is 0.905. The molecule has 1 aliphatic carbocycles. The molecule has 0 spiro atoms. The summed E-state index contributed by atoms with van der Waals surface area (Å²) in [5.74, 6) is -0.968. The first-order chi connectivity index (χ1) is 8.66. The molecule has 0 bridgehead atoms. The first-order valence-electron chi connectivity index (χ1n) is 5.65. The smallest absolute Gasteiger partial charge is 0.341 e. The van der Waals surface area contributed by atoms with Gasteiger partial charge in [0.15, 0.2) is 5.76 Å². The molecule has 3 rings (SSSR count). The molecule has 2 aromatic rings. The van der Waals surface area contributed by atoms with Crippen molar-refractivity contribution in [2.24, 2.45) is 0 Å². The third-order valence-electron chi connectivity index (χ3n) is 2.98. The normalized spacial score (nSPS) is 14.7. The van der Waals surface area contributed by atoms with Crippen LogP contribution < -0.4 is 0 Å². The first kappa shape index (κ1) is 11.0. The Kier molecular flexibility index (Phi) is 2.40. The Balaban J connectivity index is 2.14. The molecule has 0 radical (unpaired) electrons. The summed E-state index contributed by atoms with van der Waals surface area (Å²) in [7, 11) is 0. The van der Waals surface area contributed by atoms with Gasteiger partial charge in [-0.3, -0.25) is 0 Å². The highest BCUT2D eigenvalue weighted by Crippen LogP contribution is 2.43. The zero-order valence-corrected chi connectivity index (χ0v) is 9.39. The van der Waals surface area contributed by atoms with Crippen LogP contribution in [0.2, 0.25) is 0 Å². The molecular weight excluding hydrogens is 237 g/mol. The minimum atomic E-state index is -1.09. The minimum Gasteiger partial charge on any atom is -0.477 e. The van der Waals surface area contributed by atoms with Crippen molar-refractivity contribution in [3.8, 4) is 11.3 Å². The second-order valence-corrected chi connectivity index (χ2v) is 4.36. The fourth-order valence-electron chi connectivity index (χ4n) is 1.97. The summed E-state index contributed by atoms with van der Waals surface area (Å²) >= 11 is 0. The van der Waals surface area contributed by atoms with Crippen LogP contribution in [0.1, 0.15) is 34.9 Å². The lowest BCUT2D eigenvalue weighted by Gasteiger charge is -1.99. The van der Waals surface area contributed by atoms with Gasteiger partial charge in [0.05, 0.1) is 0 Å². The predicted molar refractivity (Wildman–Crippen MR) is 60.8 cm³/mol. The van der Waals surface area contributed by atoms with Gasteiger partial charge in [-0.15, -0.1) is 0 Å². The van der Waals surface area contributed by atoms with Crippen LogP contribution in [0.15, 0.2) is 28.8 Å². The molecule has 1 saturated carbocycles. The molecule has 18 heavy (non-hydrogen) atoms. The van der Waals surface area contributed by atoms with Gasteiger partial charge in [-0.25, -0.2) is 9.18 Å². The number of carbonyl (C=O) groups is 1. The van der Waals surface area contributed by atoms with E-state index in [1.54, 1.807) is 6.07 Å². The molecule has 1 aromatic heterocycles. The average molecular weight is 247 g/mol. The zero-order valence-electron chi connectivity index (χ0n) is 9.39. The number of aromatic carboxylic acids is 1. The molecule has 1 heterocycles. The second-order valence-electron chi connectivity index (χ2n) is 4.36. The highest BCUT2D eigenvalue weighted by molar-refractivity contribution is 5.96. The lowest BCUT2D eigenvalue weighted by molar-refractivity contribution is 0.0695. The summed E-state index contributed by atoms with van der Waals surface area (Å²) in [5.41, 5.74) is 0.676. The fraction of sp³-hybridized carbons (Fsp3) is 0.231. The van der Waals surface area contributed by atoms with E-state index >= 15 is 0 Å². The molecule has 0 atom stereocenters.